The van der Waals surface area contributed by atoms with E-state index in [1.165, 1.54) is 24.9 Å². The molecule has 2 unspecified atom stereocenters. The normalized spacial score (nSPS) is 26.1. The summed E-state index contributed by atoms with van der Waals surface area (Å²) in [5.41, 5.74) is 0.464. The van der Waals surface area contributed by atoms with Gasteiger partial charge in [0.15, 0.2) is 0 Å². The van der Waals surface area contributed by atoms with Crippen molar-refractivity contribution in [1.82, 2.24) is 0 Å². The Bertz CT molecular complexity index is 880. The van der Waals surface area contributed by atoms with Crippen molar-refractivity contribution in [3.63, 3.8) is 0 Å². The van der Waals surface area contributed by atoms with Gasteiger partial charge in [0, 0.05) is 17.4 Å². The number of ether oxygens (including phenoxy) is 1. The van der Waals surface area contributed by atoms with Crippen LogP contribution in [-0.4, -0.2) is 36.2 Å². The van der Waals surface area contributed by atoms with Crippen LogP contribution in [0.1, 0.15) is 93.6 Å². The second-order valence-corrected chi connectivity index (χ2v) is 11.4. The molecule has 1 aromatic heterocycles. The molecule has 1 heterocycles. The highest BCUT2D eigenvalue weighted by Gasteiger charge is 2.38. The van der Waals surface area contributed by atoms with Crippen molar-refractivity contribution in [1.29, 1.82) is 0 Å². The lowest BCUT2D eigenvalue weighted by molar-refractivity contribution is -0.125. The number of thiophene rings is 1. The van der Waals surface area contributed by atoms with Crippen LogP contribution in [0.4, 0.5) is 5.69 Å². The van der Waals surface area contributed by atoms with Gasteiger partial charge in [-0.15, -0.1) is 11.3 Å². The average Bonchev–Trinajstić information content (AvgIpc) is 3.17. The molecule has 32 heavy (non-hydrogen) atoms. The van der Waals surface area contributed by atoms with Gasteiger partial charge in [0.25, 0.3) is 0 Å². The van der Waals surface area contributed by atoms with E-state index in [1.807, 2.05) is 31.7 Å². The number of hydrogen-bond donors (Lipinski definition) is 1. The van der Waals surface area contributed by atoms with Crippen molar-refractivity contribution in [2.45, 2.75) is 91.2 Å². The zero-order valence-corrected chi connectivity index (χ0v) is 20.9. The smallest absolute Gasteiger partial charge is 0.350 e. The third kappa shape index (κ3) is 5.94. The van der Waals surface area contributed by atoms with Crippen LogP contribution in [0, 0.1) is 29.1 Å². The third-order valence-electron chi connectivity index (χ3n) is 6.60. The summed E-state index contributed by atoms with van der Waals surface area (Å²) in [4.78, 5) is 29.8. The van der Waals surface area contributed by atoms with Gasteiger partial charge in [0.2, 0.25) is 5.91 Å². The Morgan fingerprint density at radius 3 is 2.38 bits per heavy atom. The van der Waals surface area contributed by atoms with E-state index in [9.17, 15) is 14.7 Å². The lowest BCUT2D eigenvalue weighted by Gasteiger charge is -2.39. The molecule has 6 heteroatoms. The van der Waals surface area contributed by atoms with Crippen molar-refractivity contribution in [2.24, 2.45) is 17.3 Å². The van der Waals surface area contributed by atoms with Crippen LogP contribution in [0.25, 0.3) is 0 Å². The number of aliphatic hydroxyl groups excluding tert-OH is 1. The van der Waals surface area contributed by atoms with Gasteiger partial charge in [0.1, 0.15) is 4.88 Å². The standard InChI is InChI=1S/C26H37NO4S/c1-17-8-6-7-9-21(17)24(29)27(18-10-12-19(28)13-11-18)22-16-20(14-15-26(2,3)4)32-23(22)25(30)31-5/h16-19,21,28H,6-13H2,1-5H3. The minimum Gasteiger partial charge on any atom is -0.465 e. The second-order valence-electron chi connectivity index (χ2n) is 10.4. The molecule has 2 aliphatic rings. The van der Waals surface area contributed by atoms with E-state index in [2.05, 4.69) is 18.8 Å². The van der Waals surface area contributed by atoms with Gasteiger partial charge in [-0.1, -0.05) is 31.6 Å². The fraction of sp³-hybridized carbons (Fsp3) is 0.692. The Kier molecular flexibility index (Phi) is 8.06. The van der Waals surface area contributed by atoms with Crippen molar-refractivity contribution in [3.05, 3.63) is 15.8 Å². The molecule has 1 aromatic rings. The molecule has 0 bridgehead atoms. The second kappa shape index (κ2) is 10.4. The Morgan fingerprint density at radius 2 is 1.78 bits per heavy atom. The van der Waals surface area contributed by atoms with Gasteiger partial charge in [-0.3, -0.25) is 4.79 Å². The minimum absolute atomic E-state index is 0.0264. The van der Waals surface area contributed by atoms with Crippen LogP contribution in [0.2, 0.25) is 0 Å². The number of nitrogens with zero attached hydrogens (tertiary/aromatic N) is 1. The number of methoxy groups -OCH3 is 1. The summed E-state index contributed by atoms with van der Waals surface area (Å²) in [5.74, 6) is 6.40. The molecule has 1 N–H and O–H groups in total. The van der Waals surface area contributed by atoms with Crippen molar-refractivity contribution >= 4 is 28.9 Å². The molecule has 2 saturated carbocycles. The first-order valence-corrected chi connectivity index (χ1v) is 12.7. The summed E-state index contributed by atoms with van der Waals surface area (Å²) in [6.45, 7) is 8.30. The van der Waals surface area contributed by atoms with E-state index in [0.717, 1.165) is 37.0 Å². The fourth-order valence-corrected chi connectivity index (χ4v) is 5.70. The summed E-state index contributed by atoms with van der Waals surface area (Å²) in [6.07, 6.45) is 6.66. The first kappa shape index (κ1) is 24.8. The van der Waals surface area contributed by atoms with Crippen LogP contribution in [0.3, 0.4) is 0 Å². The molecule has 2 aliphatic carbocycles. The zero-order valence-electron chi connectivity index (χ0n) is 20.1. The van der Waals surface area contributed by atoms with E-state index >= 15 is 0 Å². The van der Waals surface area contributed by atoms with Crippen LogP contribution in [0.5, 0.6) is 0 Å². The van der Waals surface area contributed by atoms with Crippen LogP contribution >= 0.6 is 11.3 Å². The van der Waals surface area contributed by atoms with Crippen LogP contribution in [-0.2, 0) is 9.53 Å². The molecule has 0 radical (unpaired) electrons. The highest BCUT2D eigenvalue weighted by molar-refractivity contribution is 7.15. The number of carbonyl (C=O) groups excluding carboxylic acids is 2. The zero-order chi connectivity index (χ0) is 23.5. The largest absolute Gasteiger partial charge is 0.465 e. The van der Waals surface area contributed by atoms with E-state index in [0.29, 0.717) is 29.3 Å². The van der Waals surface area contributed by atoms with Gasteiger partial charge in [-0.25, -0.2) is 4.79 Å². The lowest BCUT2D eigenvalue weighted by atomic mass is 9.79. The Hall–Kier alpha value is -1.84. The average molecular weight is 460 g/mol. The van der Waals surface area contributed by atoms with Crippen molar-refractivity contribution in [3.8, 4) is 11.8 Å². The molecule has 2 atom stereocenters. The monoisotopic (exact) mass is 459 g/mol. The predicted molar refractivity (Wildman–Crippen MR) is 129 cm³/mol. The summed E-state index contributed by atoms with van der Waals surface area (Å²) in [6, 6.07) is 1.87. The van der Waals surface area contributed by atoms with Gasteiger partial charge < -0.3 is 14.7 Å². The molecule has 5 nitrogen and oxygen atoms in total. The Balaban J connectivity index is 2.06. The SMILES string of the molecule is COC(=O)c1sc(C#CC(C)(C)C)cc1N(C(=O)C1CCCCC1C)C1CCC(O)CC1. The third-order valence-corrected chi connectivity index (χ3v) is 7.62. The number of rotatable bonds is 4. The highest BCUT2D eigenvalue weighted by atomic mass is 32.1. The molecule has 2 fully saturated rings. The van der Waals surface area contributed by atoms with E-state index in [-0.39, 0.29) is 29.4 Å². The molecule has 1 amide bonds. The Labute approximate surface area is 196 Å². The van der Waals surface area contributed by atoms with E-state index in [4.69, 9.17) is 4.74 Å². The van der Waals surface area contributed by atoms with Crippen LogP contribution < -0.4 is 4.90 Å². The maximum Gasteiger partial charge on any atom is 0.350 e. The molecular formula is C26H37NO4S. The van der Waals surface area contributed by atoms with Crippen LogP contribution in [0.15, 0.2) is 6.07 Å². The number of esters is 1. The van der Waals surface area contributed by atoms with Gasteiger partial charge in [-0.2, -0.15) is 0 Å². The maximum atomic E-state index is 14.0. The molecule has 176 valence electrons. The number of carbonyl (C=O) groups is 2. The predicted octanol–water partition coefficient (Wildman–Crippen LogP) is 5.40. The van der Waals surface area contributed by atoms with Gasteiger partial charge in [-0.05, 0) is 71.3 Å². The summed E-state index contributed by atoms with van der Waals surface area (Å²) >= 11 is 1.30. The number of hydrogen-bond acceptors (Lipinski definition) is 5. The number of aliphatic hydroxyl groups is 1. The van der Waals surface area contributed by atoms with Gasteiger partial charge in [0.05, 0.1) is 23.8 Å². The first-order chi connectivity index (χ1) is 15.1. The Morgan fingerprint density at radius 1 is 1.12 bits per heavy atom. The van der Waals surface area contributed by atoms with Crippen molar-refractivity contribution < 1.29 is 19.4 Å². The first-order valence-electron chi connectivity index (χ1n) is 11.9. The molecular weight excluding hydrogens is 422 g/mol. The number of amides is 1. The molecule has 3 rings (SSSR count). The van der Waals surface area contributed by atoms with Crippen molar-refractivity contribution in [2.75, 3.05) is 12.0 Å². The topological polar surface area (TPSA) is 66.8 Å². The highest BCUT2D eigenvalue weighted by Crippen LogP contribution is 2.39. The molecule has 0 saturated heterocycles. The summed E-state index contributed by atoms with van der Waals surface area (Å²) in [7, 11) is 1.37. The summed E-state index contributed by atoms with van der Waals surface area (Å²) < 4.78 is 5.08. The van der Waals surface area contributed by atoms with E-state index < -0.39 is 5.97 Å². The molecule has 0 aliphatic heterocycles. The fourth-order valence-electron chi connectivity index (χ4n) is 4.78. The lowest BCUT2D eigenvalue weighted by Crippen LogP contribution is -2.48. The van der Waals surface area contributed by atoms with E-state index in [1.54, 1.807) is 0 Å². The quantitative estimate of drug-likeness (QED) is 0.484. The minimum atomic E-state index is -0.431. The van der Waals surface area contributed by atoms with Gasteiger partial charge >= 0.3 is 5.97 Å². The number of anilines is 1. The maximum absolute atomic E-state index is 14.0. The summed E-state index contributed by atoms with van der Waals surface area (Å²) in [5, 5.41) is 10.0. The molecule has 0 spiro atoms. The molecule has 0 aromatic carbocycles.